The van der Waals surface area contributed by atoms with Crippen molar-refractivity contribution >= 4 is 11.6 Å². The Morgan fingerprint density at radius 3 is 2.62 bits per heavy atom. The normalized spacial score (nSPS) is 25.1. The molecule has 0 aromatic heterocycles. The van der Waals surface area contributed by atoms with Gasteiger partial charge in [-0.3, -0.25) is 4.79 Å². The number of rotatable bonds is 3. The average Bonchev–Trinajstić information content (AvgIpc) is 2.61. The number of carbonyl (C=O) groups excluding carboxylic acids is 1. The Balaban J connectivity index is 1.95. The van der Waals surface area contributed by atoms with Gasteiger partial charge in [0.2, 0.25) is 5.91 Å². The first-order valence-electron chi connectivity index (χ1n) is 9.13. The fourth-order valence-electron chi connectivity index (χ4n) is 4.26. The van der Waals surface area contributed by atoms with Crippen molar-refractivity contribution in [1.82, 2.24) is 10.6 Å². The SMILES string of the molecule is CC(C)(C1CCCNC1)C1C(=O)NCCN1c1cccc(C(F)(F)F)c1. The van der Waals surface area contributed by atoms with E-state index in [2.05, 4.69) is 24.5 Å². The largest absolute Gasteiger partial charge is 0.416 e. The Kier molecular flexibility index (Phi) is 5.19. The number of piperidine rings is 1. The molecule has 2 saturated heterocycles. The van der Waals surface area contributed by atoms with E-state index in [4.69, 9.17) is 0 Å². The molecule has 0 saturated carbocycles. The molecule has 4 nitrogen and oxygen atoms in total. The van der Waals surface area contributed by atoms with E-state index in [1.165, 1.54) is 6.07 Å². The number of carbonyl (C=O) groups is 1. The molecule has 0 bridgehead atoms. The number of alkyl halides is 3. The second-order valence-corrected chi connectivity index (χ2v) is 7.80. The van der Waals surface area contributed by atoms with Crippen LogP contribution in [0, 0.1) is 11.3 Å². The van der Waals surface area contributed by atoms with Gasteiger partial charge in [-0.1, -0.05) is 19.9 Å². The summed E-state index contributed by atoms with van der Waals surface area (Å²) in [6.07, 6.45) is -2.33. The van der Waals surface area contributed by atoms with E-state index in [0.717, 1.165) is 38.1 Å². The molecule has 3 rings (SSSR count). The zero-order chi connectivity index (χ0) is 18.9. The Bertz CT molecular complexity index is 654. The van der Waals surface area contributed by atoms with Crippen LogP contribution in [0.2, 0.25) is 0 Å². The van der Waals surface area contributed by atoms with E-state index in [9.17, 15) is 18.0 Å². The number of anilines is 1. The third kappa shape index (κ3) is 3.68. The molecule has 2 aliphatic heterocycles. The van der Waals surface area contributed by atoms with Crippen LogP contribution >= 0.6 is 0 Å². The molecule has 7 heteroatoms. The van der Waals surface area contributed by atoms with Gasteiger partial charge in [0.05, 0.1) is 5.56 Å². The summed E-state index contributed by atoms with van der Waals surface area (Å²) in [5.74, 6) is 0.183. The van der Waals surface area contributed by atoms with E-state index in [1.807, 2.05) is 4.90 Å². The molecule has 2 heterocycles. The third-order valence-corrected chi connectivity index (χ3v) is 5.77. The van der Waals surface area contributed by atoms with E-state index >= 15 is 0 Å². The molecule has 144 valence electrons. The van der Waals surface area contributed by atoms with Gasteiger partial charge in [-0.2, -0.15) is 13.2 Å². The third-order valence-electron chi connectivity index (χ3n) is 5.77. The minimum atomic E-state index is -4.40. The molecule has 2 atom stereocenters. The van der Waals surface area contributed by atoms with Crippen LogP contribution in [-0.4, -0.2) is 38.1 Å². The molecule has 1 amide bonds. The van der Waals surface area contributed by atoms with Gasteiger partial charge in [0.1, 0.15) is 6.04 Å². The van der Waals surface area contributed by atoms with Crippen molar-refractivity contribution in [3.05, 3.63) is 29.8 Å². The molecular formula is C19H26F3N3O. The molecular weight excluding hydrogens is 343 g/mol. The fraction of sp³-hybridized carbons (Fsp3) is 0.632. The average molecular weight is 369 g/mol. The van der Waals surface area contributed by atoms with Gasteiger partial charge in [0.15, 0.2) is 0 Å². The molecule has 0 aliphatic carbocycles. The smallest absolute Gasteiger partial charge is 0.357 e. The Hall–Kier alpha value is -1.76. The van der Waals surface area contributed by atoms with Gasteiger partial charge in [-0.15, -0.1) is 0 Å². The van der Waals surface area contributed by atoms with Crippen LogP contribution in [0.25, 0.3) is 0 Å². The van der Waals surface area contributed by atoms with Crippen LogP contribution in [-0.2, 0) is 11.0 Å². The number of hydrogen-bond donors (Lipinski definition) is 2. The van der Waals surface area contributed by atoms with Gasteiger partial charge < -0.3 is 15.5 Å². The lowest BCUT2D eigenvalue weighted by atomic mass is 9.68. The zero-order valence-electron chi connectivity index (χ0n) is 15.2. The summed E-state index contributed by atoms with van der Waals surface area (Å²) in [7, 11) is 0. The number of nitrogens with zero attached hydrogens (tertiary/aromatic N) is 1. The van der Waals surface area contributed by atoms with Crippen molar-refractivity contribution < 1.29 is 18.0 Å². The summed E-state index contributed by atoms with van der Waals surface area (Å²) in [5.41, 5.74) is -0.597. The summed E-state index contributed by atoms with van der Waals surface area (Å²) in [5, 5.41) is 6.28. The Labute approximate surface area is 152 Å². The standard InChI is InChI=1S/C19H26F3N3O/c1-18(2,14-6-4-8-23-12-14)16-17(26)24-9-10-25(16)15-7-3-5-13(11-15)19(20,21)22/h3,5,7,11,14,16,23H,4,6,8-10,12H2,1-2H3,(H,24,26). The zero-order valence-corrected chi connectivity index (χ0v) is 15.2. The van der Waals surface area contributed by atoms with Crippen LogP contribution in [0.15, 0.2) is 24.3 Å². The number of nitrogens with one attached hydrogen (secondary N) is 2. The van der Waals surface area contributed by atoms with Crippen LogP contribution < -0.4 is 15.5 Å². The van der Waals surface area contributed by atoms with E-state index in [1.54, 1.807) is 6.07 Å². The second-order valence-electron chi connectivity index (χ2n) is 7.80. The number of piperazine rings is 1. The molecule has 2 fully saturated rings. The first-order valence-corrected chi connectivity index (χ1v) is 9.13. The highest BCUT2D eigenvalue weighted by Gasteiger charge is 2.46. The van der Waals surface area contributed by atoms with Gasteiger partial charge in [-0.25, -0.2) is 0 Å². The quantitative estimate of drug-likeness (QED) is 0.861. The fourth-order valence-corrected chi connectivity index (χ4v) is 4.26. The topological polar surface area (TPSA) is 44.4 Å². The van der Waals surface area contributed by atoms with E-state index < -0.39 is 17.8 Å². The van der Waals surface area contributed by atoms with E-state index in [-0.39, 0.29) is 11.3 Å². The molecule has 0 radical (unpaired) electrons. The van der Waals surface area contributed by atoms with Crippen molar-refractivity contribution in [3.63, 3.8) is 0 Å². The number of hydrogen-bond acceptors (Lipinski definition) is 3. The molecule has 2 N–H and O–H groups in total. The molecule has 1 aromatic rings. The molecule has 1 aromatic carbocycles. The number of benzene rings is 1. The van der Waals surface area contributed by atoms with Crippen LogP contribution in [0.3, 0.4) is 0 Å². The summed E-state index contributed by atoms with van der Waals surface area (Å²) < 4.78 is 39.4. The minimum Gasteiger partial charge on any atom is -0.357 e. The van der Waals surface area contributed by atoms with Crippen molar-refractivity contribution in [2.24, 2.45) is 11.3 Å². The maximum absolute atomic E-state index is 13.1. The second kappa shape index (κ2) is 7.10. The first kappa shape index (κ1) is 19.0. The lowest BCUT2D eigenvalue weighted by molar-refractivity contribution is -0.137. The monoisotopic (exact) mass is 369 g/mol. The molecule has 2 unspecified atom stereocenters. The summed E-state index contributed by atoms with van der Waals surface area (Å²) in [6, 6.07) is 4.80. The van der Waals surface area contributed by atoms with Gasteiger partial charge in [0, 0.05) is 18.8 Å². The Morgan fingerprint density at radius 2 is 1.96 bits per heavy atom. The summed E-state index contributed by atoms with van der Waals surface area (Å²) >= 11 is 0. The molecule has 2 aliphatic rings. The van der Waals surface area contributed by atoms with Gasteiger partial charge in [-0.05, 0) is 55.5 Å². The maximum atomic E-state index is 13.1. The highest BCUT2D eigenvalue weighted by molar-refractivity contribution is 5.87. The number of amides is 1. The minimum absolute atomic E-state index is 0.107. The Morgan fingerprint density at radius 1 is 1.19 bits per heavy atom. The highest BCUT2D eigenvalue weighted by atomic mass is 19.4. The lowest BCUT2D eigenvalue weighted by Crippen LogP contribution is -2.63. The van der Waals surface area contributed by atoms with Crippen molar-refractivity contribution in [3.8, 4) is 0 Å². The lowest BCUT2D eigenvalue weighted by Gasteiger charge is -2.49. The predicted molar refractivity (Wildman–Crippen MR) is 95.0 cm³/mol. The number of halogens is 3. The first-order chi connectivity index (χ1) is 12.2. The predicted octanol–water partition coefficient (Wildman–Crippen LogP) is 3.04. The molecule has 0 spiro atoms. The van der Waals surface area contributed by atoms with Crippen LogP contribution in [0.5, 0.6) is 0 Å². The van der Waals surface area contributed by atoms with Gasteiger partial charge in [0.25, 0.3) is 0 Å². The van der Waals surface area contributed by atoms with Crippen LogP contribution in [0.1, 0.15) is 32.3 Å². The highest BCUT2D eigenvalue weighted by Crippen LogP contribution is 2.41. The summed E-state index contributed by atoms with van der Waals surface area (Å²) in [4.78, 5) is 14.6. The van der Waals surface area contributed by atoms with Crippen molar-refractivity contribution in [2.75, 3.05) is 31.1 Å². The van der Waals surface area contributed by atoms with Crippen molar-refractivity contribution in [2.45, 2.75) is 38.9 Å². The maximum Gasteiger partial charge on any atom is 0.416 e. The molecule has 26 heavy (non-hydrogen) atoms. The van der Waals surface area contributed by atoms with Gasteiger partial charge >= 0.3 is 6.18 Å². The summed E-state index contributed by atoms with van der Waals surface area (Å²) in [6.45, 7) is 6.85. The van der Waals surface area contributed by atoms with E-state index in [0.29, 0.717) is 24.7 Å². The van der Waals surface area contributed by atoms with Crippen LogP contribution in [0.4, 0.5) is 18.9 Å². The van der Waals surface area contributed by atoms with Crippen molar-refractivity contribution in [1.29, 1.82) is 0 Å².